The van der Waals surface area contributed by atoms with Gasteiger partial charge in [0.1, 0.15) is 17.1 Å². The summed E-state index contributed by atoms with van der Waals surface area (Å²) in [6.45, 7) is 1.82. The van der Waals surface area contributed by atoms with E-state index in [1.807, 2.05) is 6.92 Å². The van der Waals surface area contributed by atoms with Crippen LogP contribution in [0, 0.1) is 6.92 Å². The average Bonchev–Trinajstić information content (AvgIpc) is 2.33. The molecule has 0 heterocycles. The SMILES string of the molecule is Cc1ccc(Oc2ccc(N)cc2C(F)(F)F)c(Cl)c1. The molecular formula is C14H11ClF3NO. The number of halogens is 4. The molecule has 2 N–H and O–H groups in total. The van der Waals surface area contributed by atoms with E-state index in [1.165, 1.54) is 18.2 Å². The summed E-state index contributed by atoms with van der Waals surface area (Å²) in [7, 11) is 0. The molecule has 0 aliphatic rings. The average molecular weight is 302 g/mol. The van der Waals surface area contributed by atoms with Crippen molar-refractivity contribution in [3.8, 4) is 11.5 Å². The molecule has 0 unspecified atom stereocenters. The normalized spacial score (nSPS) is 11.4. The van der Waals surface area contributed by atoms with Crippen molar-refractivity contribution in [2.24, 2.45) is 0 Å². The van der Waals surface area contributed by atoms with Crippen molar-refractivity contribution in [3.63, 3.8) is 0 Å². The lowest BCUT2D eigenvalue weighted by atomic mass is 10.1. The van der Waals surface area contributed by atoms with E-state index >= 15 is 0 Å². The molecule has 2 rings (SSSR count). The Morgan fingerprint density at radius 3 is 2.30 bits per heavy atom. The summed E-state index contributed by atoms with van der Waals surface area (Å²) in [6.07, 6.45) is -4.55. The second-order valence-electron chi connectivity index (χ2n) is 4.29. The van der Waals surface area contributed by atoms with Crippen LogP contribution >= 0.6 is 11.6 Å². The maximum atomic E-state index is 12.9. The Balaban J connectivity index is 2.43. The summed E-state index contributed by atoms with van der Waals surface area (Å²) in [5.74, 6) is -0.176. The molecule has 20 heavy (non-hydrogen) atoms. The summed E-state index contributed by atoms with van der Waals surface area (Å²) >= 11 is 5.95. The molecule has 2 nitrogen and oxygen atoms in total. The molecular weight excluding hydrogens is 291 g/mol. The Bertz CT molecular complexity index is 641. The zero-order chi connectivity index (χ0) is 14.9. The van der Waals surface area contributed by atoms with Gasteiger partial charge < -0.3 is 10.5 Å². The number of aryl methyl sites for hydroxylation is 1. The molecule has 0 bridgehead atoms. The summed E-state index contributed by atoms with van der Waals surface area (Å²) in [5, 5.41) is 0.245. The molecule has 0 aliphatic heterocycles. The number of nitrogens with two attached hydrogens (primary N) is 1. The summed E-state index contributed by atoms with van der Waals surface area (Å²) in [6, 6.07) is 8.18. The molecule has 2 aromatic carbocycles. The largest absolute Gasteiger partial charge is 0.455 e. The van der Waals surface area contributed by atoms with Gasteiger partial charge in [0.05, 0.1) is 5.02 Å². The van der Waals surface area contributed by atoms with E-state index < -0.39 is 11.7 Å². The molecule has 0 saturated heterocycles. The van der Waals surface area contributed by atoms with Crippen LogP contribution < -0.4 is 10.5 Å². The lowest BCUT2D eigenvalue weighted by Crippen LogP contribution is -2.08. The molecule has 0 spiro atoms. The molecule has 0 fully saturated rings. The first-order valence-corrected chi connectivity index (χ1v) is 6.06. The Morgan fingerprint density at radius 2 is 1.70 bits per heavy atom. The monoisotopic (exact) mass is 301 g/mol. The highest BCUT2D eigenvalue weighted by molar-refractivity contribution is 6.32. The molecule has 0 aromatic heterocycles. The third-order valence-electron chi connectivity index (χ3n) is 2.62. The van der Waals surface area contributed by atoms with Crippen LogP contribution in [-0.4, -0.2) is 0 Å². The van der Waals surface area contributed by atoms with Gasteiger partial charge in [-0.3, -0.25) is 0 Å². The van der Waals surface area contributed by atoms with Crippen LogP contribution in [0.25, 0.3) is 0 Å². The predicted molar refractivity (Wildman–Crippen MR) is 72.1 cm³/mol. The quantitative estimate of drug-likeness (QED) is 0.789. The zero-order valence-electron chi connectivity index (χ0n) is 10.5. The van der Waals surface area contributed by atoms with Crippen molar-refractivity contribution in [3.05, 3.63) is 52.5 Å². The Kier molecular flexibility index (Phi) is 3.81. The first-order valence-electron chi connectivity index (χ1n) is 5.68. The van der Waals surface area contributed by atoms with Gasteiger partial charge in [-0.1, -0.05) is 17.7 Å². The molecule has 0 saturated carbocycles. The Labute approximate surface area is 118 Å². The second kappa shape index (κ2) is 5.25. The van der Waals surface area contributed by atoms with Gasteiger partial charge in [0.25, 0.3) is 0 Å². The standard InChI is InChI=1S/C14H11ClF3NO/c1-8-2-4-13(11(15)6-8)20-12-5-3-9(19)7-10(12)14(16,17)18/h2-7H,19H2,1H3. The lowest BCUT2D eigenvalue weighted by Gasteiger charge is -2.15. The molecule has 0 atom stereocenters. The van der Waals surface area contributed by atoms with E-state index in [0.29, 0.717) is 0 Å². The first kappa shape index (κ1) is 14.5. The van der Waals surface area contributed by atoms with E-state index in [2.05, 4.69) is 0 Å². The van der Waals surface area contributed by atoms with Crippen LogP contribution in [0.4, 0.5) is 18.9 Å². The fourth-order valence-corrected chi connectivity index (χ4v) is 1.94. The lowest BCUT2D eigenvalue weighted by molar-refractivity contribution is -0.138. The van der Waals surface area contributed by atoms with Gasteiger partial charge in [-0.25, -0.2) is 0 Å². The minimum atomic E-state index is -4.55. The van der Waals surface area contributed by atoms with Gasteiger partial charge in [0, 0.05) is 5.69 Å². The van der Waals surface area contributed by atoms with E-state index in [-0.39, 0.29) is 22.2 Å². The first-order chi connectivity index (χ1) is 9.27. The van der Waals surface area contributed by atoms with Crippen LogP contribution in [0.1, 0.15) is 11.1 Å². The maximum Gasteiger partial charge on any atom is 0.420 e. The maximum absolute atomic E-state index is 12.9. The molecule has 6 heteroatoms. The van der Waals surface area contributed by atoms with Crippen molar-refractivity contribution in [2.45, 2.75) is 13.1 Å². The molecule has 0 amide bonds. The van der Waals surface area contributed by atoms with Crippen LogP contribution in [0.2, 0.25) is 5.02 Å². The minimum absolute atomic E-state index is 0.0136. The third-order valence-corrected chi connectivity index (χ3v) is 2.91. The van der Waals surface area contributed by atoms with Crippen molar-refractivity contribution in [1.29, 1.82) is 0 Å². The van der Waals surface area contributed by atoms with E-state index in [1.54, 1.807) is 12.1 Å². The van der Waals surface area contributed by atoms with Gasteiger partial charge in [-0.15, -0.1) is 0 Å². The molecule has 2 aromatic rings. The fourth-order valence-electron chi connectivity index (χ4n) is 1.67. The summed E-state index contributed by atoms with van der Waals surface area (Å²) in [4.78, 5) is 0. The second-order valence-corrected chi connectivity index (χ2v) is 4.70. The number of alkyl halides is 3. The highest BCUT2D eigenvalue weighted by Crippen LogP contribution is 2.40. The van der Waals surface area contributed by atoms with Crippen molar-refractivity contribution >= 4 is 17.3 Å². The van der Waals surface area contributed by atoms with Gasteiger partial charge >= 0.3 is 6.18 Å². The predicted octanol–water partition coefficient (Wildman–Crippen LogP) is 5.04. The molecule has 106 valence electrons. The van der Waals surface area contributed by atoms with E-state index in [0.717, 1.165) is 11.6 Å². The van der Waals surface area contributed by atoms with Crippen molar-refractivity contribution < 1.29 is 17.9 Å². The van der Waals surface area contributed by atoms with Crippen molar-refractivity contribution in [1.82, 2.24) is 0 Å². The highest BCUT2D eigenvalue weighted by Gasteiger charge is 2.34. The number of anilines is 1. The minimum Gasteiger partial charge on any atom is -0.455 e. The number of hydrogen-bond acceptors (Lipinski definition) is 2. The summed E-state index contributed by atoms with van der Waals surface area (Å²) in [5.41, 5.74) is 5.35. The smallest absolute Gasteiger partial charge is 0.420 e. The zero-order valence-corrected chi connectivity index (χ0v) is 11.2. The summed E-state index contributed by atoms with van der Waals surface area (Å²) < 4.78 is 44.1. The number of nitrogen functional groups attached to an aromatic ring is 1. The van der Waals surface area contributed by atoms with Crippen LogP contribution in [-0.2, 0) is 6.18 Å². The number of hydrogen-bond donors (Lipinski definition) is 1. The number of ether oxygens (including phenoxy) is 1. The number of rotatable bonds is 2. The Morgan fingerprint density at radius 1 is 1.05 bits per heavy atom. The van der Waals surface area contributed by atoms with Gasteiger partial charge in [-0.05, 0) is 42.8 Å². The van der Waals surface area contributed by atoms with Crippen LogP contribution in [0.3, 0.4) is 0 Å². The van der Waals surface area contributed by atoms with E-state index in [4.69, 9.17) is 22.1 Å². The van der Waals surface area contributed by atoms with Crippen LogP contribution in [0.5, 0.6) is 11.5 Å². The van der Waals surface area contributed by atoms with Gasteiger partial charge in [-0.2, -0.15) is 13.2 Å². The number of benzene rings is 2. The fraction of sp³-hybridized carbons (Fsp3) is 0.143. The molecule has 0 aliphatic carbocycles. The van der Waals surface area contributed by atoms with Gasteiger partial charge in [0.15, 0.2) is 0 Å². The van der Waals surface area contributed by atoms with E-state index in [9.17, 15) is 13.2 Å². The Hall–Kier alpha value is -1.88. The molecule has 0 radical (unpaired) electrons. The van der Waals surface area contributed by atoms with Crippen LogP contribution in [0.15, 0.2) is 36.4 Å². The topological polar surface area (TPSA) is 35.2 Å². The van der Waals surface area contributed by atoms with Crippen molar-refractivity contribution in [2.75, 3.05) is 5.73 Å². The highest BCUT2D eigenvalue weighted by atomic mass is 35.5. The third kappa shape index (κ3) is 3.17. The van der Waals surface area contributed by atoms with Gasteiger partial charge in [0.2, 0.25) is 0 Å².